The maximum Gasteiger partial charge on any atom is 0.319 e. The highest BCUT2D eigenvalue weighted by Crippen LogP contribution is 2.23. The number of hydrogen-bond acceptors (Lipinski definition) is 3. The standard InChI is InChI=1S/C18H21N3O2S/c1-13-6-4-8-15(16(13)17(22)21-9-2-3-10-21)20-18(23)19-12-14-7-5-11-24-14/h4-8,11H,2-3,9-10,12H2,1H3,(H2,19,20,23). The molecular formula is C18H21N3O2S. The number of anilines is 1. The fourth-order valence-electron chi connectivity index (χ4n) is 2.88. The van der Waals surface area contributed by atoms with Crippen LogP contribution in [0.3, 0.4) is 0 Å². The van der Waals surface area contributed by atoms with Gasteiger partial charge in [0.25, 0.3) is 5.91 Å². The third-order valence-electron chi connectivity index (χ3n) is 4.13. The molecule has 5 nitrogen and oxygen atoms in total. The summed E-state index contributed by atoms with van der Waals surface area (Å²) < 4.78 is 0. The molecule has 1 aliphatic heterocycles. The van der Waals surface area contributed by atoms with E-state index in [0.29, 0.717) is 17.8 Å². The zero-order valence-corrected chi connectivity index (χ0v) is 14.5. The van der Waals surface area contributed by atoms with E-state index in [4.69, 9.17) is 0 Å². The largest absolute Gasteiger partial charge is 0.339 e. The van der Waals surface area contributed by atoms with Gasteiger partial charge in [-0.3, -0.25) is 4.79 Å². The molecule has 0 aliphatic carbocycles. The molecule has 2 N–H and O–H groups in total. The van der Waals surface area contributed by atoms with Crippen LogP contribution in [-0.2, 0) is 6.54 Å². The average Bonchev–Trinajstić information content (AvgIpc) is 3.26. The van der Waals surface area contributed by atoms with Crippen molar-refractivity contribution in [1.29, 1.82) is 0 Å². The Labute approximate surface area is 145 Å². The number of likely N-dealkylation sites (tertiary alicyclic amines) is 1. The lowest BCUT2D eigenvalue weighted by molar-refractivity contribution is 0.0793. The van der Waals surface area contributed by atoms with E-state index in [0.717, 1.165) is 36.4 Å². The third-order valence-corrected chi connectivity index (χ3v) is 5.01. The van der Waals surface area contributed by atoms with Crippen LogP contribution < -0.4 is 10.6 Å². The van der Waals surface area contributed by atoms with Crippen molar-refractivity contribution in [2.75, 3.05) is 18.4 Å². The van der Waals surface area contributed by atoms with Crippen molar-refractivity contribution < 1.29 is 9.59 Å². The highest BCUT2D eigenvalue weighted by molar-refractivity contribution is 7.09. The molecule has 1 aromatic heterocycles. The van der Waals surface area contributed by atoms with Gasteiger partial charge in [-0.05, 0) is 42.8 Å². The van der Waals surface area contributed by atoms with Gasteiger partial charge >= 0.3 is 6.03 Å². The number of hydrogen-bond donors (Lipinski definition) is 2. The lowest BCUT2D eigenvalue weighted by Crippen LogP contribution is -2.32. The van der Waals surface area contributed by atoms with E-state index in [9.17, 15) is 9.59 Å². The van der Waals surface area contributed by atoms with E-state index in [1.165, 1.54) is 0 Å². The molecule has 1 aromatic carbocycles. The topological polar surface area (TPSA) is 61.4 Å². The van der Waals surface area contributed by atoms with Gasteiger partial charge in [0.15, 0.2) is 0 Å². The Hall–Kier alpha value is -2.34. The van der Waals surface area contributed by atoms with Crippen LogP contribution >= 0.6 is 11.3 Å². The number of rotatable bonds is 4. The Morgan fingerprint density at radius 2 is 1.96 bits per heavy atom. The Morgan fingerprint density at radius 3 is 2.67 bits per heavy atom. The molecule has 3 amide bonds. The Bertz CT molecular complexity index is 722. The van der Waals surface area contributed by atoms with E-state index in [-0.39, 0.29) is 11.9 Å². The molecule has 0 radical (unpaired) electrons. The molecule has 126 valence electrons. The van der Waals surface area contributed by atoms with E-state index in [1.807, 2.05) is 41.5 Å². The molecule has 0 unspecified atom stereocenters. The second-order valence-electron chi connectivity index (χ2n) is 5.88. The summed E-state index contributed by atoms with van der Waals surface area (Å²) in [5.74, 6) is -0.000781. The smallest absolute Gasteiger partial charge is 0.319 e. The number of benzene rings is 1. The van der Waals surface area contributed by atoms with Crippen LogP contribution in [0.5, 0.6) is 0 Å². The first-order chi connectivity index (χ1) is 11.6. The lowest BCUT2D eigenvalue weighted by Gasteiger charge is -2.19. The van der Waals surface area contributed by atoms with Gasteiger partial charge in [-0.15, -0.1) is 11.3 Å². The molecule has 6 heteroatoms. The van der Waals surface area contributed by atoms with Crippen LogP contribution in [0.2, 0.25) is 0 Å². The quantitative estimate of drug-likeness (QED) is 0.891. The SMILES string of the molecule is Cc1cccc(NC(=O)NCc2cccs2)c1C(=O)N1CCCC1. The summed E-state index contributed by atoms with van der Waals surface area (Å²) >= 11 is 1.60. The highest BCUT2D eigenvalue weighted by atomic mass is 32.1. The lowest BCUT2D eigenvalue weighted by atomic mass is 10.1. The van der Waals surface area contributed by atoms with Crippen molar-refractivity contribution in [3.05, 3.63) is 51.7 Å². The number of nitrogens with zero attached hydrogens (tertiary/aromatic N) is 1. The molecule has 1 aliphatic rings. The second kappa shape index (κ2) is 7.49. The molecule has 3 rings (SSSR count). The molecule has 24 heavy (non-hydrogen) atoms. The summed E-state index contributed by atoms with van der Waals surface area (Å²) in [6.07, 6.45) is 2.09. The molecule has 2 heterocycles. The minimum atomic E-state index is -0.301. The minimum absolute atomic E-state index is 0.000781. The first kappa shape index (κ1) is 16.5. The van der Waals surface area contributed by atoms with Crippen molar-refractivity contribution >= 4 is 29.0 Å². The van der Waals surface area contributed by atoms with Crippen molar-refractivity contribution in [1.82, 2.24) is 10.2 Å². The Kier molecular flexibility index (Phi) is 5.15. The fraction of sp³-hybridized carbons (Fsp3) is 0.333. The zero-order chi connectivity index (χ0) is 16.9. The van der Waals surface area contributed by atoms with Gasteiger partial charge in [-0.25, -0.2) is 4.79 Å². The normalized spacial score (nSPS) is 13.8. The summed E-state index contributed by atoms with van der Waals surface area (Å²) in [6, 6.07) is 9.15. The van der Waals surface area contributed by atoms with Gasteiger partial charge < -0.3 is 15.5 Å². The van der Waals surface area contributed by atoms with Crippen LogP contribution in [0.25, 0.3) is 0 Å². The van der Waals surface area contributed by atoms with Gasteiger partial charge in [-0.1, -0.05) is 18.2 Å². The van der Waals surface area contributed by atoms with Gasteiger partial charge in [-0.2, -0.15) is 0 Å². The van der Waals surface area contributed by atoms with Crippen LogP contribution in [-0.4, -0.2) is 29.9 Å². The van der Waals surface area contributed by atoms with E-state index < -0.39 is 0 Å². The van der Waals surface area contributed by atoms with Gasteiger partial charge in [0.2, 0.25) is 0 Å². The molecule has 0 spiro atoms. The van der Waals surface area contributed by atoms with E-state index >= 15 is 0 Å². The summed E-state index contributed by atoms with van der Waals surface area (Å²) in [5, 5.41) is 7.62. The third kappa shape index (κ3) is 3.76. The average molecular weight is 343 g/mol. The van der Waals surface area contributed by atoms with Crippen LogP contribution in [0.1, 0.15) is 33.6 Å². The fourth-order valence-corrected chi connectivity index (χ4v) is 3.53. The molecule has 2 aromatic rings. The molecule has 0 saturated carbocycles. The number of thiophene rings is 1. The zero-order valence-electron chi connectivity index (χ0n) is 13.7. The van der Waals surface area contributed by atoms with Crippen molar-refractivity contribution in [3.63, 3.8) is 0 Å². The Morgan fingerprint density at radius 1 is 1.17 bits per heavy atom. The summed E-state index contributed by atoms with van der Waals surface area (Å²) in [7, 11) is 0. The molecule has 1 fully saturated rings. The predicted molar refractivity (Wildman–Crippen MR) is 96.5 cm³/mol. The summed E-state index contributed by atoms with van der Waals surface area (Å²) in [4.78, 5) is 27.9. The summed E-state index contributed by atoms with van der Waals surface area (Å²) in [5.41, 5.74) is 2.03. The van der Waals surface area contributed by atoms with Gasteiger partial charge in [0, 0.05) is 18.0 Å². The Balaban J connectivity index is 1.71. The molecule has 0 atom stereocenters. The van der Waals surface area contributed by atoms with Crippen molar-refractivity contribution in [3.8, 4) is 0 Å². The van der Waals surface area contributed by atoms with E-state index in [1.54, 1.807) is 17.4 Å². The minimum Gasteiger partial charge on any atom is -0.339 e. The van der Waals surface area contributed by atoms with Gasteiger partial charge in [0.05, 0.1) is 17.8 Å². The van der Waals surface area contributed by atoms with Crippen LogP contribution in [0.4, 0.5) is 10.5 Å². The van der Waals surface area contributed by atoms with Crippen molar-refractivity contribution in [2.45, 2.75) is 26.3 Å². The predicted octanol–water partition coefficient (Wildman–Crippen LogP) is 3.61. The first-order valence-corrected chi connectivity index (χ1v) is 8.99. The number of nitrogens with one attached hydrogen (secondary N) is 2. The first-order valence-electron chi connectivity index (χ1n) is 8.11. The number of carbonyl (C=O) groups is 2. The number of amides is 3. The van der Waals surface area contributed by atoms with Crippen molar-refractivity contribution in [2.24, 2.45) is 0 Å². The molecular weight excluding hydrogens is 322 g/mol. The van der Waals surface area contributed by atoms with Crippen LogP contribution in [0.15, 0.2) is 35.7 Å². The molecule has 1 saturated heterocycles. The maximum absolute atomic E-state index is 12.8. The molecule has 0 bridgehead atoms. The van der Waals surface area contributed by atoms with Crippen LogP contribution in [0, 0.1) is 6.92 Å². The van der Waals surface area contributed by atoms with Gasteiger partial charge in [0.1, 0.15) is 0 Å². The highest BCUT2D eigenvalue weighted by Gasteiger charge is 2.24. The second-order valence-corrected chi connectivity index (χ2v) is 6.92. The monoisotopic (exact) mass is 343 g/mol. The van der Waals surface area contributed by atoms with E-state index in [2.05, 4.69) is 10.6 Å². The number of urea groups is 1. The number of carbonyl (C=O) groups excluding carboxylic acids is 2. The summed E-state index contributed by atoms with van der Waals surface area (Å²) in [6.45, 7) is 3.96. The maximum atomic E-state index is 12.8. The number of aryl methyl sites for hydroxylation is 1.